The van der Waals surface area contributed by atoms with Crippen LogP contribution in [0, 0.1) is 11.3 Å². The van der Waals surface area contributed by atoms with Crippen LogP contribution in [0.5, 0.6) is 0 Å². The van der Waals surface area contributed by atoms with Gasteiger partial charge in [0.15, 0.2) is 11.6 Å². The van der Waals surface area contributed by atoms with E-state index in [2.05, 4.69) is 71.3 Å². The summed E-state index contributed by atoms with van der Waals surface area (Å²) < 4.78 is 8.50. The van der Waals surface area contributed by atoms with Gasteiger partial charge in [0.25, 0.3) is 0 Å². The minimum Gasteiger partial charge on any atom is -0.456 e. The molecule has 4 heterocycles. The Hall–Kier alpha value is -7.69. The molecule has 54 heavy (non-hydrogen) atoms. The van der Waals surface area contributed by atoms with Gasteiger partial charge in [-0.05, 0) is 60.7 Å². The third-order valence-corrected chi connectivity index (χ3v) is 10.3. The summed E-state index contributed by atoms with van der Waals surface area (Å²) in [6.45, 7) is 0. The van der Waals surface area contributed by atoms with Crippen LogP contribution in [0.25, 0.3) is 105 Å². The Morgan fingerprint density at radius 3 is 1.89 bits per heavy atom. The molecule has 0 fully saturated rings. The summed E-state index contributed by atoms with van der Waals surface area (Å²) >= 11 is 0. The lowest BCUT2D eigenvalue weighted by Gasteiger charge is -2.13. The smallest absolute Gasteiger partial charge is 0.238 e. The number of hydrogen-bond donors (Lipinski definition) is 0. The Morgan fingerprint density at radius 2 is 1.13 bits per heavy atom. The lowest BCUT2D eigenvalue weighted by Crippen LogP contribution is -2.06. The molecule has 0 atom stereocenters. The first-order chi connectivity index (χ1) is 26.7. The Labute approximate surface area is 308 Å². The van der Waals surface area contributed by atoms with Crippen LogP contribution in [0.15, 0.2) is 162 Å². The molecular formula is C47H26N6O. The molecular weight excluding hydrogens is 665 g/mol. The quantitative estimate of drug-likeness (QED) is 0.171. The van der Waals surface area contributed by atoms with Crippen molar-refractivity contribution in [2.45, 2.75) is 0 Å². The summed E-state index contributed by atoms with van der Waals surface area (Å²) in [5.74, 6) is 1.46. The summed E-state index contributed by atoms with van der Waals surface area (Å²) in [5.41, 5.74) is 8.49. The van der Waals surface area contributed by atoms with Crippen LogP contribution in [0.4, 0.5) is 0 Å². The molecule has 0 amide bonds. The molecule has 0 spiro atoms. The lowest BCUT2D eigenvalue weighted by atomic mass is 9.95. The topological polar surface area (TPSA) is 93.4 Å². The van der Waals surface area contributed by atoms with E-state index >= 15 is 0 Å². The van der Waals surface area contributed by atoms with Gasteiger partial charge in [-0.1, -0.05) is 97.1 Å². The van der Waals surface area contributed by atoms with Gasteiger partial charge in [0.2, 0.25) is 5.95 Å². The van der Waals surface area contributed by atoms with E-state index in [1.807, 2.05) is 91.0 Å². The van der Waals surface area contributed by atoms with Crippen LogP contribution >= 0.6 is 0 Å². The molecule has 7 heteroatoms. The van der Waals surface area contributed by atoms with Gasteiger partial charge in [-0.2, -0.15) is 15.2 Å². The van der Waals surface area contributed by atoms with Gasteiger partial charge >= 0.3 is 0 Å². The number of furan rings is 1. The molecule has 0 aliphatic heterocycles. The van der Waals surface area contributed by atoms with E-state index in [0.29, 0.717) is 23.2 Å². The van der Waals surface area contributed by atoms with E-state index in [4.69, 9.17) is 24.4 Å². The second-order valence-corrected chi connectivity index (χ2v) is 13.4. The molecule has 0 unspecified atom stereocenters. The van der Waals surface area contributed by atoms with Crippen LogP contribution in [-0.2, 0) is 0 Å². The zero-order valence-corrected chi connectivity index (χ0v) is 28.6. The van der Waals surface area contributed by atoms with Crippen LogP contribution in [-0.4, -0.2) is 24.5 Å². The molecule has 0 N–H and O–H groups in total. The molecule has 0 aliphatic rings. The van der Waals surface area contributed by atoms with E-state index in [-0.39, 0.29) is 0 Å². The maximum Gasteiger partial charge on any atom is 0.238 e. The van der Waals surface area contributed by atoms with Crippen molar-refractivity contribution in [2.75, 3.05) is 0 Å². The van der Waals surface area contributed by atoms with Crippen molar-refractivity contribution < 1.29 is 4.42 Å². The SMILES string of the molecule is N#Cc1cccc(-c2nc(-c3ccc4nc(-c5ccccc5)c5ccc6oc7ccccc7c6c5c4c3)nc(-n3c4ccccc4c4ccccc43)n2)c1. The molecule has 11 rings (SSSR count). The van der Waals surface area contributed by atoms with Gasteiger partial charge in [0, 0.05) is 54.4 Å². The number of hydrogen-bond acceptors (Lipinski definition) is 6. The Morgan fingerprint density at radius 1 is 0.463 bits per heavy atom. The van der Waals surface area contributed by atoms with Crippen LogP contribution in [0.1, 0.15) is 5.56 Å². The van der Waals surface area contributed by atoms with E-state index in [1.54, 1.807) is 6.07 Å². The monoisotopic (exact) mass is 690 g/mol. The third-order valence-electron chi connectivity index (χ3n) is 10.3. The number of benzene rings is 7. The largest absolute Gasteiger partial charge is 0.456 e. The van der Waals surface area contributed by atoms with Gasteiger partial charge in [-0.3, -0.25) is 4.57 Å². The number of rotatable bonds is 4. The van der Waals surface area contributed by atoms with Gasteiger partial charge in [-0.25, -0.2) is 9.97 Å². The minimum absolute atomic E-state index is 0.472. The van der Waals surface area contributed by atoms with Crippen molar-refractivity contribution in [2.24, 2.45) is 0 Å². The van der Waals surface area contributed by atoms with Crippen LogP contribution in [0.3, 0.4) is 0 Å². The summed E-state index contributed by atoms with van der Waals surface area (Å²) in [5, 5.41) is 17.1. The summed E-state index contributed by atoms with van der Waals surface area (Å²) in [7, 11) is 0. The highest BCUT2D eigenvalue weighted by molar-refractivity contribution is 6.28. The van der Waals surface area contributed by atoms with Crippen molar-refractivity contribution in [3.05, 3.63) is 163 Å². The normalized spacial score (nSPS) is 11.7. The average molecular weight is 691 g/mol. The summed E-state index contributed by atoms with van der Waals surface area (Å²) in [6.07, 6.45) is 0. The number of fused-ring (bicyclic) bond motifs is 10. The van der Waals surface area contributed by atoms with Crippen molar-refractivity contribution in [1.29, 1.82) is 5.26 Å². The highest BCUT2D eigenvalue weighted by atomic mass is 16.3. The minimum atomic E-state index is 0.472. The van der Waals surface area contributed by atoms with Gasteiger partial charge in [0.05, 0.1) is 33.9 Å². The molecule has 0 aliphatic carbocycles. The second kappa shape index (κ2) is 11.7. The van der Waals surface area contributed by atoms with Crippen molar-refractivity contribution in [3.63, 3.8) is 0 Å². The van der Waals surface area contributed by atoms with Gasteiger partial charge < -0.3 is 4.42 Å². The van der Waals surface area contributed by atoms with E-state index in [0.717, 1.165) is 87.8 Å². The van der Waals surface area contributed by atoms with E-state index < -0.39 is 0 Å². The van der Waals surface area contributed by atoms with Crippen LogP contribution < -0.4 is 0 Å². The number of nitrogens with zero attached hydrogens (tertiary/aromatic N) is 6. The fourth-order valence-corrected chi connectivity index (χ4v) is 7.85. The highest BCUT2D eigenvalue weighted by Crippen LogP contribution is 2.42. The zero-order valence-electron chi connectivity index (χ0n) is 28.6. The first-order valence-corrected chi connectivity index (χ1v) is 17.7. The predicted octanol–water partition coefficient (Wildman–Crippen LogP) is 11.4. The molecule has 7 nitrogen and oxygen atoms in total. The highest BCUT2D eigenvalue weighted by Gasteiger charge is 2.21. The fraction of sp³-hybridized carbons (Fsp3) is 0. The number of para-hydroxylation sites is 3. The van der Waals surface area contributed by atoms with Crippen molar-refractivity contribution in [3.8, 4) is 46.1 Å². The average Bonchev–Trinajstić information content (AvgIpc) is 3.79. The Balaban J connectivity index is 1.23. The molecule has 0 saturated heterocycles. The molecule has 7 aromatic carbocycles. The Bertz CT molecular complexity index is 3300. The van der Waals surface area contributed by atoms with E-state index in [9.17, 15) is 5.26 Å². The molecule has 4 aromatic heterocycles. The zero-order chi connectivity index (χ0) is 35.8. The van der Waals surface area contributed by atoms with Gasteiger partial charge in [0.1, 0.15) is 11.2 Å². The first kappa shape index (κ1) is 30.0. The van der Waals surface area contributed by atoms with Gasteiger partial charge in [-0.15, -0.1) is 0 Å². The molecule has 0 saturated carbocycles. The lowest BCUT2D eigenvalue weighted by molar-refractivity contribution is 0.669. The molecule has 11 aromatic rings. The fourth-order valence-electron chi connectivity index (χ4n) is 7.85. The Kier molecular flexibility index (Phi) is 6.48. The molecule has 0 bridgehead atoms. The summed E-state index contributed by atoms with van der Waals surface area (Å²) in [4.78, 5) is 20.6. The van der Waals surface area contributed by atoms with Crippen molar-refractivity contribution in [1.82, 2.24) is 24.5 Å². The van der Waals surface area contributed by atoms with E-state index in [1.165, 1.54) is 0 Å². The van der Waals surface area contributed by atoms with Crippen LogP contribution in [0.2, 0.25) is 0 Å². The first-order valence-electron chi connectivity index (χ1n) is 17.7. The number of pyridine rings is 1. The second-order valence-electron chi connectivity index (χ2n) is 13.4. The summed E-state index contributed by atoms with van der Waals surface area (Å²) in [6, 6.07) is 55.1. The maximum atomic E-state index is 9.77. The number of nitriles is 1. The molecule has 250 valence electrons. The standard InChI is InChI=1S/C47H26N6O/c48-27-28-11-10-14-30(25-28)45-50-46(52-47(51-45)53-38-18-7-4-15-32(38)33-16-5-8-19-39(33)53)31-21-23-37-36(26-31)42-35(44(49-37)29-12-2-1-3-13-29)22-24-41-43(42)34-17-6-9-20-40(34)54-41/h1-26H. The maximum absolute atomic E-state index is 9.77. The third kappa shape index (κ3) is 4.54. The van der Waals surface area contributed by atoms with Crippen molar-refractivity contribution >= 4 is 65.4 Å². The predicted molar refractivity (Wildman–Crippen MR) is 215 cm³/mol. The molecule has 0 radical (unpaired) electrons. The number of aromatic nitrogens is 5.